The molecule has 0 radical (unpaired) electrons. The summed E-state index contributed by atoms with van der Waals surface area (Å²) in [6.07, 6.45) is 4.39. The average Bonchev–Trinajstić information content (AvgIpc) is 3.12. The van der Waals surface area contributed by atoms with Crippen molar-refractivity contribution < 1.29 is 13.8 Å². The van der Waals surface area contributed by atoms with E-state index in [1.165, 1.54) is 10.9 Å². The Labute approximate surface area is 193 Å². The molecule has 0 bridgehead atoms. The summed E-state index contributed by atoms with van der Waals surface area (Å²) in [7, 11) is 2.42. The molecule has 0 spiro atoms. The van der Waals surface area contributed by atoms with Gasteiger partial charge in [-0.25, -0.2) is 19.4 Å². The first-order valence-corrected chi connectivity index (χ1v) is 12.5. The predicted molar refractivity (Wildman–Crippen MR) is 127 cm³/mol. The van der Waals surface area contributed by atoms with Gasteiger partial charge in [-0.15, -0.1) is 0 Å². The average molecular weight is 471 g/mol. The Morgan fingerprint density at radius 3 is 2.53 bits per heavy atom. The summed E-state index contributed by atoms with van der Waals surface area (Å²) in [5.41, 5.74) is -0.443. The van der Waals surface area contributed by atoms with Crippen LogP contribution in [0.25, 0.3) is 0 Å². The first-order valence-electron chi connectivity index (χ1n) is 11.4. The van der Waals surface area contributed by atoms with E-state index in [2.05, 4.69) is 61.2 Å². The van der Waals surface area contributed by atoms with Crippen molar-refractivity contribution in [1.82, 2.24) is 24.1 Å². The third kappa shape index (κ3) is 7.28. The van der Waals surface area contributed by atoms with Gasteiger partial charge in [0.1, 0.15) is 12.6 Å². The summed E-state index contributed by atoms with van der Waals surface area (Å²) >= 11 is 0. The predicted octanol–water partition coefficient (Wildman–Crippen LogP) is 3.71. The van der Waals surface area contributed by atoms with Crippen molar-refractivity contribution in [2.24, 2.45) is 4.99 Å². The van der Waals surface area contributed by atoms with Crippen LogP contribution in [0.1, 0.15) is 67.0 Å². The van der Waals surface area contributed by atoms with E-state index in [9.17, 15) is 4.79 Å². The second-order valence-electron chi connectivity index (χ2n) is 8.61. The summed E-state index contributed by atoms with van der Waals surface area (Å²) in [5.74, 6) is 0.124. The second-order valence-corrected chi connectivity index (χ2v) is 10.0. The van der Waals surface area contributed by atoms with Crippen LogP contribution in [0.5, 0.6) is 0 Å². The minimum atomic E-state index is -1.25. The van der Waals surface area contributed by atoms with E-state index in [1.54, 1.807) is 11.2 Å². The molecule has 1 aromatic heterocycles. The highest BCUT2D eigenvalue weighted by Gasteiger charge is 2.40. The Hall–Kier alpha value is -1.45. The molecule has 2 rings (SSSR count). The lowest BCUT2D eigenvalue weighted by molar-refractivity contribution is -0.0205. The Bertz CT molecular complexity index is 780. The van der Waals surface area contributed by atoms with Crippen molar-refractivity contribution in [2.45, 2.75) is 91.3 Å². The number of nitrogens with zero attached hydrogens (tertiary/aromatic N) is 6. The Kier molecular flexibility index (Phi) is 10.6. The van der Waals surface area contributed by atoms with E-state index < -0.39 is 20.4 Å². The van der Waals surface area contributed by atoms with Crippen molar-refractivity contribution in [3.8, 4) is 0 Å². The highest BCUT2D eigenvalue weighted by molar-refractivity contribution is 7.44. The summed E-state index contributed by atoms with van der Waals surface area (Å²) in [6, 6.07) is 0.560. The number of hydrogen-bond acceptors (Lipinski definition) is 8. The molecule has 32 heavy (non-hydrogen) atoms. The van der Waals surface area contributed by atoms with Gasteiger partial charge in [-0.05, 0) is 40.5 Å². The zero-order chi connectivity index (χ0) is 23.8. The normalized spacial score (nSPS) is 22.5. The fourth-order valence-electron chi connectivity index (χ4n) is 3.52. The van der Waals surface area contributed by atoms with Gasteiger partial charge in [0.25, 0.3) is 14.5 Å². The Morgan fingerprint density at radius 1 is 1.31 bits per heavy atom. The summed E-state index contributed by atoms with van der Waals surface area (Å²) in [6.45, 7) is 13.4. The van der Waals surface area contributed by atoms with Gasteiger partial charge >= 0.3 is 5.69 Å². The van der Waals surface area contributed by atoms with Crippen LogP contribution in [-0.4, -0.2) is 75.4 Å². The van der Waals surface area contributed by atoms with Crippen molar-refractivity contribution >= 4 is 20.8 Å². The molecular formula is C21H39N6O4P. The lowest BCUT2D eigenvalue weighted by atomic mass is 10.1. The molecule has 4 atom stereocenters. The molecule has 1 fully saturated rings. The molecule has 182 valence electrons. The van der Waals surface area contributed by atoms with Gasteiger partial charge in [0.2, 0.25) is 0 Å². The SMILES string of the molecule is CCCOP(OC1C[C@H](n2cnc(N=CN(C)C)nc2=O)O[C@@H]1CC)N(C(C)C)C(C)C. The van der Waals surface area contributed by atoms with Crippen molar-refractivity contribution in [1.29, 1.82) is 0 Å². The fraction of sp³-hybridized carbons (Fsp3) is 0.810. The van der Waals surface area contributed by atoms with E-state index in [0.717, 1.165) is 12.8 Å². The van der Waals surface area contributed by atoms with Gasteiger partial charge in [-0.2, -0.15) is 4.98 Å². The maximum atomic E-state index is 12.6. The van der Waals surface area contributed by atoms with Crippen LogP contribution in [-0.2, 0) is 13.8 Å². The molecule has 0 N–H and O–H groups in total. The molecule has 1 aliphatic heterocycles. The molecule has 1 saturated heterocycles. The van der Waals surface area contributed by atoms with Crippen LogP contribution in [0.3, 0.4) is 0 Å². The summed E-state index contributed by atoms with van der Waals surface area (Å²) in [5, 5.41) is 0. The molecule has 2 heterocycles. The fourth-order valence-corrected chi connectivity index (χ4v) is 5.37. The van der Waals surface area contributed by atoms with Gasteiger partial charge < -0.3 is 18.7 Å². The van der Waals surface area contributed by atoms with Crippen LogP contribution in [0.4, 0.5) is 5.95 Å². The minimum Gasteiger partial charge on any atom is -0.369 e. The molecule has 0 amide bonds. The van der Waals surface area contributed by atoms with Crippen molar-refractivity contribution in [2.75, 3.05) is 20.7 Å². The smallest absolute Gasteiger partial charge is 0.354 e. The molecular weight excluding hydrogens is 431 g/mol. The van der Waals surface area contributed by atoms with E-state index in [1.807, 2.05) is 14.1 Å². The third-order valence-corrected chi connectivity index (χ3v) is 7.05. The monoisotopic (exact) mass is 470 g/mol. The molecule has 0 aliphatic carbocycles. The molecule has 10 nitrogen and oxygen atoms in total. The van der Waals surface area contributed by atoms with Gasteiger partial charge in [0, 0.05) is 32.6 Å². The lowest BCUT2D eigenvalue weighted by Crippen LogP contribution is -2.35. The van der Waals surface area contributed by atoms with E-state index in [-0.39, 0.29) is 30.2 Å². The van der Waals surface area contributed by atoms with Crippen LogP contribution >= 0.6 is 8.53 Å². The van der Waals surface area contributed by atoms with Crippen LogP contribution < -0.4 is 5.69 Å². The molecule has 2 unspecified atom stereocenters. The van der Waals surface area contributed by atoms with Crippen molar-refractivity contribution in [3.63, 3.8) is 0 Å². The third-order valence-electron chi connectivity index (χ3n) is 4.89. The summed E-state index contributed by atoms with van der Waals surface area (Å²) < 4.78 is 22.6. The van der Waals surface area contributed by atoms with Crippen LogP contribution in [0.15, 0.2) is 16.1 Å². The van der Waals surface area contributed by atoms with Crippen molar-refractivity contribution in [3.05, 3.63) is 16.8 Å². The highest BCUT2D eigenvalue weighted by Crippen LogP contribution is 2.50. The number of aliphatic imine (C=N–C) groups is 1. The van der Waals surface area contributed by atoms with Gasteiger partial charge in [-0.1, -0.05) is 13.8 Å². The Morgan fingerprint density at radius 2 is 2.00 bits per heavy atom. The molecule has 1 aliphatic rings. The quantitative estimate of drug-likeness (QED) is 0.259. The maximum absolute atomic E-state index is 12.6. The van der Waals surface area contributed by atoms with E-state index in [0.29, 0.717) is 13.0 Å². The molecule has 0 aromatic carbocycles. The molecule has 1 aromatic rings. The van der Waals surface area contributed by atoms with Crippen LogP contribution in [0.2, 0.25) is 0 Å². The topological polar surface area (TPSA) is 94.3 Å². The number of aromatic nitrogens is 3. The summed E-state index contributed by atoms with van der Waals surface area (Å²) in [4.78, 5) is 26.6. The van der Waals surface area contributed by atoms with Gasteiger partial charge in [0.15, 0.2) is 0 Å². The molecule has 0 saturated carbocycles. The van der Waals surface area contributed by atoms with E-state index in [4.69, 9.17) is 13.8 Å². The highest BCUT2D eigenvalue weighted by atomic mass is 31.2. The number of rotatable bonds is 12. The largest absolute Gasteiger partial charge is 0.369 e. The lowest BCUT2D eigenvalue weighted by Gasteiger charge is -2.37. The number of hydrogen-bond donors (Lipinski definition) is 0. The number of ether oxygens (including phenoxy) is 1. The maximum Gasteiger partial charge on any atom is 0.354 e. The van der Waals surface area contributed by atoms with Gasteiger partial charge in [-0.3, -0.25) is 4.57 Å². The van der Waals surface area contributed by atoms with Gasteiger partial charge in [0.05, 0.1) is 25.2 Å². The Balaban J connectivity index is 2.19. The first-order chi connectivity index (χ1) is 15.2. The standard InChI is InChI=1S/C21H39N6O4P/c1-9-11-29-32(27(15(3)4)16(5)6)31-18-12-19(30-17(18)10-2)26-14-23-20(24-21(26)28)22-13-25(7)8/h13-19H,9-12H2,1-8H3/t17-,18?,19-,32?/m1/s1. The first kappa shape index (κ1) is 26.8. The second kappa shape index (κ2) is 12.7. The minimum absolute atomic E-state index is 0.124. The van der Waals surface area contributed by atoms with E-state index >= 15 is 0 Å². The van der Waals surface area contributed by atoms with Crippen LogP contribution in [0, 0.1) is 0 Å². The molecule has 11 heteroatoms. The zero-order valence-electron chi connectivity index (χ0n) is 20.6. The zero-order valence-corrected chi connectivity index (χ0v) is 21.5.